The lowest BCUT2D eigenvalue weighted by atomic mass is 9.92. The molecule has 0 aliphatic heterocycles. The molecule has 2 unspecified atom stereocenters. The van der Waals surface area contributed by atoms with Gasteiger partial charge in [-0.1, -0.05) is 26.0 Å². The molecule has 0 aliphatic rings. The van der Waals surface area contributed by atoms with Crippen molar-refractivity contribution < 1.29 is 27.5 Å². The topological polar surface area (TPSA) is 90.9 Å². The van der Waals surface area contributed by atoms with Gasteiger partial charge in [0, 0.05) is 17.7 Å². The van der Waals surface area contributed by atoms with Crippen LogP contribution in [0.15, 0.2) is 42.5 Å². The number of halogens is 4. The number of carbonyl (C=O) groups excluding carboxylic acids is 1. The second-order valence-electron chi connectivity index (χ2n) is 8.38. The predicted octanol–water partition coefficient (Wildman–Crippen LogP) is 4.66. The van der Waals surface area contributed by atoms with Gasteiger partial charge < -0.3 is 15.0 Å². The predicted molar refractivity (Wildman–Crippen MR) is 117 cm³/mol. The molecule has 6 nitrogen and oxygen atoms in total. The SMILES string of the molecule is CCn1c(C(O)(c2ccc(F)cc2)C(F)(F)F)nc2ccc(C(=O)NC(C#N)CC(C)C)cc21. The summed E-state index contributed by atoms with van der Waals surface area (Å²) in [6.45, 7) is 5.40. The van der Waals surface area contributed by atoms with E-state index in [0.717, 1.165) is 24.3 Å². The first-order chi connectivity index (χ1) is 15.9. The Morgan fingerprint density at radius 2 is 1.85 bits per heavy atom. The van der Waals surface area contributed by atoms with Crippen molar-refractivity contribution in [3.05, 3.63) is 65.2 Å². The summed E-state index contributed by atoms with van der Waals surface area (Å²) >= 11 is 0. The Bertz CT molecular complexity index is 1230. The van der Waals surface area contributed by atoms with Crippen LogP contribution < -0.4 is 5.32 Å². The number of hydrogen-bond donors (Lipinski definition) is 2. The highest BCUT2D eigenvalue weighted by Crippen LogP contribution is 2.44. The molecule has 0 saturated carbocycles. The fraction of sp³-hybridized carbons (Fsp3) is 0.375. The van der Waals surface area contributed by atoms with Crippen molar-refractivity contribution in [3.8, 4) is 6.07 Å². The summed E-state index contributed by atoms with van der Waals surface area (Å²) in [5, 5.41) is 22.9. The number of aliphatic hydroxyl groups is 1. The van der Waals surface area contributed by atoms with E-state index < -0.39 is 40.9 Å². The van der Waals surface area contributed by atoms with Crippen molar-refractivity contribution in [1.29, 1.82) is 5.26 Å². The van der Waals surface area contributed by atoms with Crippen LogP contribution in [0.2, 0.25) is 0 Å². The van der Waals surface area contributed by atoms with Gasteiger partial charge in [0.15, 0.2) is 5.82 Å². The molecule has 0 fully saturated rings. The number of amides is 1. The molecule has 0 bridgehead atoms. The van der Waals surface area contributed by atoms with Crippen molar-refractivity contribution in [3.63, 3.8) is 0 Å². The third kappa shape index (κ3) is 4.61. The van der Waals surface area contributed by atoms with E-state index >= 15 is 0 Å². The molecule has 0 aliphatic carbocycles. The number of nitrogens with zero attached hydrogens (tertiary/aromatic N) is 3. The van der Waals surface area contributed by atoms with Gasteiger partial charge in [-0.2, -0.15) is 18.4 Å². The molecule has 2 aromatic carbocycles. The molecule has 0 radical (unpaired) electrons. The minimum Gasteiger partial charge on any atom is -0.370 e. The second-order valence-corrected chi connectivity index (χ2v) is 8.38. The number of fused-ring (bicyclic) bond motifs is 1. The second kappa shape index (κ2) is 9.43. The average Bonchev–Trinajstić information content (AvgIpc) is 3.15. The molecule has 1 heterocycles. The smallest absolute Gasteiger partial charge is 0.370 e. The molecule has 0 saturated heterocycles. The van der Waals surface area contributed by atoms with E-state index in [0.29, 0.717) is 6.42 Å². The fourth-order valence-electron chi connectivity index (χ4n) is 3.83. The third-order valence-corrected chi connectivity index (χ3v) is 5.49. The summed E-state index contributed by atoms with van der Waals surface area (Å²) in [7, 11) is 0. The highest BCUT2D eigenvalue weighted by molar-refractivity contribution is 5.97. The number of hydrogen-bond acceptors (Lipinski definition) is 4. The molecular weight excluding hydrogens is 452 g/mol. The van der Waals surface area contributed by atoms with Crippen LogP contribution in [0, 0.1) is 23.1 Å². The van der Waals surface area contributed by atoms with Crippen LogP contribution in [-0.4, -0.2) is 32.8 Å². The minimum atomic E-state index is -5.17. The maximum atomic E-state index is 14.2. The number of nitriles is 1. The molecule has 180 valence electrons. The Morgan fingerprint density at radius 1 is 1.21 bits per heavy atom. The average molecular weight is 476 g/mol. The number of aryl methyl sites for hydroxylation is 1. The van der Waals surface area contributed by atoms with Gasteiger partial charge in [0.1, 0.15) is 11.9 Å². The van der Waals surface area contributed by atoms with Crippen LogP contribution in [0.3, 0.4) is 0 Å². The van der Waals surface area contributed by atoms with Crippen LogP contribution in [0.5, 0.6) is 0 Å². The van der Waals surface area contributed by atoms with Gasteiger partial charge in [0.05, 0.1) is 17.1 Å². The molecule has 10 heteroatoms. The summed E-state index contributed by atoms with van der Waals surface area (Å²) in [6, 6.07) is 8.82. The Hall–Kier alpha value is -3.45. The lowest BCUT2D eigenvalue weighted by Crippen LogP contribution is -2.45. The maximum absolute atomic E-state index is 14.2. The van der Waals surface area contributed by atoms with Crippen LogP contribution in [0.4, 0.5) is 17.6 Å². The molecule has 2 N–H and O–H groups in total. The first-order valence-electron chi connectivity index (χ1n) is 10.7. The van der Waals surface area contributed by atoms with E-state index in [1.54, 1.807) is 6.92 Å². The Morgan fingerprint density at radius 3 is 2.38 bits per heavy atom. The lowest BCUT2D eigenvalue weighted by Gasteiger charge is -2.30. The number of aromatic nitrogens is 2. The Kier molecular flexibility index (Phi) is 6.98. The molecule has 2 atom stereocenters. The number of imidazole rings is 1. The summed E-state index contributed by atoms with van der Waals surface area (Å²) in [5.74, 6) is -1.83. The van der Waals surface area contributed by atoms with Crippen molar-refractivity contribution in [2.45, 2.75) is 51.6 Å². The third-order valence-electron chi connectivity index (χ3n) is 5.49. The van der Waals surface area contributed by atoms with E-state index in [4.69, 9.17) is 0 Å². The van der Waals surface area contributed by atoms with E-state index in [9.17, 15) is 32.7 Å². The molecule has 34 heavy (non-hydrogen) atoms. The minimum absolute atomic E-state index is 0.00462. The monoisotopic (exact) mass is 476 g/mol. The molecular formula is C24H24F4N4O2. The summed E-state index contributed by atoms with van der Waals surface area (Å²) in [5.41, 5.74) is -3.63. The quantitative estimate of drug-likeness (QED) is 0.485. The van der Waals surface area contributed by atoms with Crippen LogP contribution in [0.1, 0.15) is 48.9 Å². The summed E-state index contributed by atoms with van der Waals surface area (Å²) < 4.78 is 57.2. The zero-order valence-corrected chi connectivity index (χ0v) is 18.8. The molecule has 3 aromatic rings. The summed E-state index contributed by atoms with van der Waals surface area (Å²) in [6.07, 6.45) is -4.73. The standard InChI is InChI=1S/C24H24F4N4O2/c1-4-32-20-12-15(21(33)30-18(13-29)11-14(2)3)5-10-19(20)31-22(32)23(34,24(26,27)28)16-6-8-17(25)9-7-16/h5-10,12,14,18,34H,4,11H2,1-3H3,(H,30,33). The maximum Gasteiger partial charge on any atom is 0.428 e. The van der Waals surface area contributed by atoms with Crippen molar-refractivity contribution in [1.82, 2.24) is 14.9 Å². The lowest BCUT2D eigenvalue weighted by molar-refractivity contribution is -0.252. The first-order valence-corrected chi connectivity index (χ1v) is 10.7. The van der Waals surface area contributed by atoms with Gasteiger partial charge >= 0.3 is 6.18 Å². The highest BCUT2D eigenvalue weighted by atomic mass is 19.4. The van der Waals surface area contributed by atoms with Crippen molar-refractivity contribution >= 4 is 16.9 Å². The molecule has 1 amide bonds. The van der Waals surface area contributed by atoms with Crippen molar-refractivity contribution in [2.75, 3.05) is 0 Å². The van der Waals surface area contributed by atoms with E-state index in [2.05, 4.69) is 10.3 Å². The molecule has 0 spiro atoms. The van der Waals surface area contributed by atoms with E-state index in [1.807, 2.05) is 19.9 Å². The van der Waals surface area contributed by atoms with Gasteiger partial charge in [0.25, 0.3) is 5.91 Å². The van der Waals surface area contributed by atoms with Gasteiger partial charge in [-0.15, -0.1) is 0 Å². The Labute approximate surface area is 193 Å². The zero-order valence-electron chi connectivity index (χ0n) is 18.8. The Balaban J connectivity index is 2.12. The van der Waals surface area contributed by atoms with Gasteiger partial charge in [-0.05, 0) is 49.6 Å². The number of benzene rings is 2. The number of carbonyl (C=O) groups is 1. The van der Waals surface area contributed by atoms with Crippen LogP contribution in [0.25, 0.3) is 11.0 Å². The molecule has 3 rings (SSSR count). The fourth-order valence-corrected chi connectivity index (χ4v) is 3.83. The first kappa shape index (κ1) is 25.2. The number of rotatable bonds is 7. The van der Waals surface area contributed by atoms with Crippen LogP contribution in [-0.2, 0) is 12.1 Å². The largest absolute Gasteiger partial charge is 0.428 e. The van der Waals surface area contributed by atoms with Crippen LogP contribution >= 0.6 is 0 Å². The van der Waals surface area contributed by atoms with Gasteiger partial charge in [-0.25, -0.2) is 9.37 Å². The summed E-state index contributed by atoms with van der Waals surface area (Å²) in [4.78, 5) is 16.8. The van der Waals surface area contributed by atoms with E-state index in [-0.39, 0.29) is 29.1 Å². The molecule has 1 aromatic heterocycles. The van der Waals surface area contributed by atoms with Crippen molar-refractivity contribution in [2.24, 2.45) is 5.92 Å². The zero-order chi connectivity index (χ0) is 25.3. The highest BCUT2D eigenvalue weighted by Gasteiger charge is 2.59. The van der Waals surface area contributed by atoms with Gasteiger partial charge in [-0.3, -0.25) is 4.79 Å². The van der Waals surface area contributed by atoms with Gasteiger partial charge in [0.2, 0.25) is 5.60 Å². The normalized spacial score (nSPS) is 14.6. The number of nitrogens with one attached hydrogen (secondary N) is 1. The number of alkyl halides is 3. The van der Waals surface area contributed by atoms with E-state index in [1.165, 1.54) is 22.8 Å².